The van der Waals surface area contributed by atoms with Gasteiger partial charge in [-0.1, -0.05) is 41.4 Å². The van der Waals surface area contributed by atoms with Crippen LogP contribution in [-0.2, 0) is 16.1 Å². The third-order valence-corrected chi connectivity index (χ3v) is 3.42. The molecule has 0 aliphatic heterocycles. The summed E-state index contributed by atoms with van der Waals surface area (Å²) in [5.74, 6) is -1.45. The summed E-state index contributed by atoms with van der Waals surface area (Å²) in [5.41, 5.74) is 2.43. The molecule has 120 valence electrons. The number of benzene rings is 2. The van der Waals surface area contributed by atoms with Crippen LogP contribution in [0.15, 0.2) is 42.5 Å². The van der Waals surface area contributed by atoms with Crippen molar-refractivity contribution in [1.82, 2.24) is 5.32 Å². The second-order valence-corrected chi connectivity index (χ2v) is 5.52. The summed E-state index contributed by atoms with van der Waals surface area (Å²) in [5, 5.41) is 5.07. The molecule has 0 saturated heterocycles. The molecule has 6 heteroatoms. The van der Waals surface area contributed by atoms with Crippen molar-refractivity contribution in [2.75, 3.05) is 5.32 Å². The summed E-state index contributed by atoms with van der Waals surface area (Å²) in [6.07, 6.45) is -0.319. The van der Waals surface area contributed by atoms with Gasteiger partial charge in [-0.2, -0.15) is 0 Å². The summed E-state index contributed by atoms with van der Waals surface area (Å²) in [6, 6.07) is 11.5. The average Bonchev–Trinajstić information content (AvgIpc) is 2.50. The van der Waals surface area contributed by atoms with E-state index >= 15 is 0 Å². The second kappa shape index (κ2) is 7.74. The zero-order valence-corrected chi connectivity index (χ0v) is 13.3. The molecule has 0 atom stereocenters. The minimum Gasteiger partial charge on any atom is -0.352 e. The molecule has 0 aliphatic rings. The molecule has 0 aliphatic carbocycles. The van der Waals surface area contributed by atoms with Gasteiger partial charge in [0.1, 0.15) is 12.2 Å². The van der Waals surface area contributed by atoms with Crippen LogP contribution >= 0.6 is 11.6 Å². The Bertz CT molecular complexity index is 717. The molecule has 0 bridgehead atoms. The molecular formula is C17H16ClFN2O2. The lowest BCUT2D eigenvalue weighted by Crippen LogP contribution is -2.27. The van der Waals surface area contributed by atoms with Gasteiger partial charge in [-0.25, -0.2) is 4.39 Å². The van der Waals surface area contributed by atoms with E-state index < -0.39 is 17.6 Å². The van der Waals surface area contributed by atoms with Gasteiger partial charge in [0.05, 0.1) is 5.02 Å². The summed E-state index contributed by atoms with van der Waals surface area (Å²) >= 11 is 5.63. The predicted octanol–water partition coefficient (Wildman–Crippen LogP) is 3.43. The normalized spacial score (nSPS) is 10.2. The number of anilines is 1. The van der Waals surface area contributed by atoms with Crippen molar-refractivity contribution in [3.05, 3.63) is 64.4 Å². The number of carbonyl (C=O) groups is 2. The van der Waals surface area contributed by atoms with Gasteiger partial charge in [0.15, 0.2) is 0 Å². The molecule has 0 saturated carbocycles. The Hall–Kier alpha value is -2.40. The van der Waals surface area contributed by atoms with Gasteiger partial charge in [0, 0.05) is 12.2 Å². The first kappa shape index (κ1) is 17.0. The van der Waals surface area contributed by atoms with Crippen molar-refractivity contribution in [2.24, 2.45) is 0 Å². The largest absolute Gasteiger partial charge is 0.352 e. The minimum absolute atomic E-state index is 0.0911. The van der Waals surface area contributed by atoms with Crippen molar-refractivity contribution >= 4 is 29.1 Å². The van der Waals surface area contributed by atoms with Crippen LogP contribution in [0.1, 0.15) is 17.5 Å². The van der Waals surface area contributed by atoms with Crippen molar-refractivity contribution in [3.63, 3.8) is 0 Å². The van der Waals surface area contributed by atoms with E-state index in [0.717, 1.165) is 17.2 Å². The maximum Gasteiger partial charge on any atom is 0.233 e. The van der Waals surface area contributed by atoms with Crippen molar-refractivity contribution < 1.29 is 14.0 Å². The summed E-state index contributed by atoms with van der Waals surface area (Å²) in [7, 11) is 0. The van der Waals surface area contributed by atoms with E-state index in [0.29, 0.717) is 12.2 Å². The Balaban J connectivity index is 1.81. The Labute approximate surface area is 138 Å². The first-order chi connectivity index (χ1) is 10.9. The molecule has 0 heterocycles. The Morgan fingerprint density at radius 3 is 2.43 bits per heavy atom. The molecule has 2 amide bonds. The third-order valence-electron chi connectivity index (χ3n) is 3.13. The molecule has 0 aromatic heterocycles. The van der Waals surface area contributed by atoms with Crippen molar-refractivity contribution in [1.29, 1.82) is 0 Å². The number of carbonyl (C=O) groups excluding carboxylic acids is 2. The fourth-order valence-corrected chi connectivity index (χ4v) is 2.07. The smallest absolute Gasteiger partial charge is 0.233 e. The number of aryl methyl sites for hydroxylation is 1. The minimum atomic E-state index is -0.569. The van der Waals surface area contributed by atoms with Crippen LogP contribution in [0, 0.1) is 12.7 Å². The number of hydrogen-bond acceptors (Lipinski definition) is 2. The molecule has 2 rings (SSSR count). The van der Waals surface area contributed by atoms with E-state index in [9.17, 15) is 14.0 Å². The molecule has 0 spiro atoms. The topological polar surface area (TPSA) is 58.2 Å². The highest BCUT2D eigenvalue weighted by Crippen LogP contribution is 2.19. The van der Waals surface area contributed by atoms with Crippen LogP contribution in [0.25, 0.3) is 0 Å². The molecule has 0 radical (unpaired) electrons. The first-order valence-corrected chi connectivity index (χ1v) is 7.39. The number of amides is 2. The summed E-state index contributed by atoms with van der Waals surface area (Å²) < 4.78 is 13.0. The van der Waals surface area contributed by atoms with Gasteiger partial charge in [-0.05, 0) is 30.7 Å². The van der Waals surface area contributed by atoms with Crippen LogP contribution < -0.4 is 10.6 Å². The maximum absolute atomic E-state index is 13.0. The molecule has 0 fully saturated rings. The van der Waals surface area contributed by atoms with Gasteiger partial charge < -0.3 is 10.6 Å². The predicted molar refractivity (Wildman–Crippen MR) is 87.7 cm³/mol. The van der Waals surface area contributed by atoms with E-state index in [-0.39, 0.29) is 11.4 Å². The average molecular weight is 335 g/mol. The molecule has 23 heavy (non-hydrogen) atoms. The Morgan fingerprint density at radius 2 is 1.78 bits per heavy atom. The molecule has 4 nitrogen and oxygen atoms in total. The van der Waals surface area contributed by atoms with Crippen molar-refractivity contribution in [3.8, 4) is 0 Å². The van der Waals surface area contributed by atoms with E-state index in [1.54, 1.807) is 0 Å². The number of nitrogens with one attached hydrogen (secondary N) is 2. The zero-order chi connectivity index (χ0) is 16.8. The van der Waals surface area contributed by atoms with Crippen LogP contribution in [0.2, 0.25) is 5.02 Å². The van der Waals surface area contributed by atoms with Gasteiger partial charge in [-0.15, -0.1) is 0 Å². The fourth-order valence-electron chi connectivity index (χ4n) is 1.89. The van der Waals surface area contributed by atoms with Crippen LogP contribution in [0.3, 0.4) is 0 Å². The zero-order valence-electron chi connectivity index (χ0n) is 12.5. The lowest BCUT2D eigenvalue weighted by atomic mass is 10.1. The van der Waals surface area contributed by atoms with Gasteiger partial charge in [0.25, 0.3) is 0 Å². The number of halogens is 2. The van der Waals surface area contributed by atoms with E-state index in [1.807, 2.05) is 31.2 Å². The van der Waals surface area contributed by atoms with Crippen LogP contribution in [-0.4, -0.2) is 11.8 Å². The highest BCUT2D eigenvalue weighted by Gasteiger charge is 2.10. The maximum atomic E-state index is 13.0. The van der Waals surface area contributed by atoms with E-state index in [4.69, 9.17) is 11.6 Å². The van der Waals surface area contributed by atoms with E-state index in [1.165, 1.54) is 12.1 Å². The van der Waals surface area contributed by atoms with Gasteiger partial charge >= 0.3 is 0 Å². The quantitative estimate of drug-likeness (QED) is 0.823. The van der Waals surface area contributed by atoms with Gasteiger partial charge in [-0.3, -0.25) is 9.59 Å². The molecule has 2 aromatic rings. The lowest BCUT2D eigenvalue weighted by Gasteiger charge is -2.07. The fraction of sp³-hybridized carbons (Fsp3) is 0.176. The Morgan fingerprint density at radius 1 is 1.09 bits per heavy atom. The highest BCUT2D eigenvalue weighted by molar-refractivity contribution is 6.31. The summed E-state index contributed by atoms with van der Waals surface area (Å²) in [6.45, 7) is 2.34. The van der Waals surface area contributed by atoms with Crippen LogP contribution in [0.5, 0.6) is 0 Å². The second-order valence-electron chi connectivity index (χ2n) is 5.12. The van der Waals surface area contributed by atoms with E-state index in [2.05, 4.69) is 10.6 Å². The first-order valence-electron chi connectivity index (χ1n) is 7.01. The number of rotatable bonds is 5. The summed E-state index contributed by atoms with van der Waals surface area (Å²) in [4.78, 5) is 23.5. The molecule has 2 aromatic carbocycles. The highest BCUT2D eigenvalue weighted by atomic mass is 35.5. The van der Waals surface area contributed by atoms with Crippen molar-refractivity contribution in [2.45, 2.75) is 19.9 Å². The monoisotopic (exact) mass is 334 g/mol. The number of hydrogen-bond donors (Lipinski definition) is 2. The standard InChI is InChI=1S/C17H16ClFN2O2/c1-11-2-4-12(5-3-11)10-20-16(22)9-17(23)21-13-6-7-15(19)14(18)8-13/h2-8H,9-10H2,1H3,(H,20,22)(H,21,23). The third kappa shape index (κ3) is 5.38. The Kier molecular flexibility index (Phi) is 5.71. The SMILES string of the molecule is Cc1ccc(CNC(=O)CC(=O)Nc2ccc(F)c(Cl)c2)cc1. The molecule has 0 unspecified atom stereocenters. The van der Waals surface area contributed by atoms with Crippen LogP contribution in [0.4, 0.5) is 10.1 Å². The molecular weight excluding hydrogens is 319 g/mol. The molecule has 2 N–H and O–H groups in total. The lowest BCUT2D eigenvalue weighted by molar-refractivity contribution is -0.126. The van der Waals surface area contributed by atoms with Gasteiger partial charge in [0.2, 0.25) is 11.8 Å².